The van der Waals surface area contributed by atoms with Crippen LogP contribution in [0.15, 0.2) is 24.3 Å². The van der Waals surface area contributed by atoms with E-state index >= 15 is 0 Å². The first-order valence-electron chi connectivity index (χ1n) is 6.16. The molecule has 0 saturated carbocycles. The van der Waals surface area contributed by atoms with Gasteiger partial charge in [0.25, 0.3) is 0 Å². The summed E-state index contributed by atoms with van der Waals surface area (Å²) in [5, 5.41) is 6.46. The fraction of sp³-hybridized carbons (Fsp3) is 0.538. The van der Waals surface area contributed by atoms with Gasteiger partial charge in [-0.05, 0) is 17.7 Å². The molecule has 0 heterocycles. The fourth-order valence-corrected chi connectivity index (χ4v) is 1.50. The minimum absolute atomic E-state index is 0.181. The lowest BCUT2D eigenvalue weighted by atomic mass is 10.2. The lowest BCUT2D eigenvalue weighted by Crippen LogP contribution is -2.29. The Morgan fingerprint density at radius 1 is 1.05 bits per heavy atom. The molecule has 19 heavy (non-hydrogen) atoms. The van der Waals surface area contributed by atoms with E-state index in [0.29, 0.717) is 13.2 Å². The Labute approximate surface area is 112 Å². The van der Waals surface area contributed by atoms with Gasteiger partial charge in [0.1, 0.15) is 5.75 Å². The molecule has 0 bridgehead atoms. The summed E-state index contributed by atoms with van der Waals surface area (Å²) in [6, 6.07) is 6.62. The highest BCUT2D eigenvalue weighted by Crippen LogP contribution is 2.14. The Morgan fingerprint density at radius 2 is 1.74 bits per heavy atom. The molecule has 0 aromatic heterocycles. The minimum atomic E-state index is -2.78. The Balaban J connectivity index is 2.12. The largest absolute Gasteiger partial charge is 0.435 e. The number of halogens is 2. The zero-order valence-electron chi connectivity index (χ0n) is 11.0. The van der Waals surface area contributed by atoms with Crippen molar-refractivity contribution in [2.45, 2.75) is 13.2 Å². The number of benzene rings is 1. The average Bonchev–Trinajstić information content (AvgIpc) is 2.39. The third-order valence-electron chi connectivity index (χ3n) is 2.44. The number of hydrogen-bond acceptors (Lipinski definition) is 4. The fourth-order valence-electron chi connectivity index (χ4n) is 1.50. The highest BCUT2D eigenvalue weighted by molar-refractivity contribution is 5.27. The van der Waals surface area contributed by atoms with Crippen LogP contribution >= 0.6 is 0 Å². The molecule has 0 amide bonds. The van der Waals surface area contributed by atoms with E-state index in [1.165, 1.54) is 0 Å². The number of nitrogens with one attached hydrogen (secondary N) is 2. The van der Waals surface area contributed by atoms with Crippen LogP contribution < -0.4 is 15.4 Å². The zero-order valence-corrected chi connectivity index (χ0v) is 11.0. The Kier molecular flexibility index (Phi) is 8.04. The third-order valence-corrected chi connectivity index (χ3v) is 2.44. The van der Waals surface area contributed by atoms with E-state index in [-0.39, 0.29) is 5.75 Å². The average molecular weight is 274 g/mol. The highest BCUT2D eigenvalue weighted by Gasteiger charge is 2.03. The van der Waals surface area contributed by atoms with Gasteiger partial charge in [0, 0.05) is 33.3 Å². The summed E-state index contributed by atoms with van der Waals surface area (Å²) in [4.78, 5) is 0. The standard InChI is InChI=1S/C13H20F2N2O2/c1-18-9-8-16-6-7-17-10-11-2-4-12(5-3-11)19-13(14)15/h2-5,13,16-17H,6-10H2,1H3. The molecule has 0 aliphatic heterocycles. The van der Waals surface area contributed by atoms with E-state index in [9.17, 15) is 8.78 Å². The summed E-state index contributed by atoms with van der Waals surface area (Å²) < 4.78 is 33.1. The SMILES string of the molecule is COCCNCCNCc1ccc(OC(F)F)cc1. The second-order valence-corrected chi connectivity index (χ2v) is 3.94. The van der Waals surface area contributed by atoms with Crippen molar-refractivity contribution in [2.24, 2.45) is 0 Å². The molecule has 0 atom stereocenters. The maximum absolute atomic E-state index is 11.9. The minimum Gasteiger partial charge on any atom is -0.435 e. The van der Waals surface area contributed by atoms with Crippen LogP contribution in [0.2, 0.25) is 0 Å². The molecule has 0 aliphatic carbocycles. The summed E-state index contributed by atoms with van der Waals surface area (Å²) in [5.41, 5.74) is 1.03. The van der Waals surface area contributed by atoms with Gasteiger partial charge in [0.2, 0.25) is 0 Å². The molecular formula is C13H20F2N2O2. The molecule has 2 N–H and O–H groups in total. The van der Waals surface area contributed by atoms with Crippen LogP contribution in [0.5, 0.6) is 5.75 Å². The van der Waals surface area contributed by atoms with Gasteiger partial charge in [-0.2, -0.15) is 8.78 Å². The molecule has 0 aliphatic rings. The normalized spacial score (nSPS) is 10.9. The summed E-state index contributed by atoms with van der Waals surface area (Å²) in [6.07, 6.45) is 0. The third kappa shape index (κ3) is 7.71. The quantitative estimate of drug-likeness (QED) is 0.636. The van der Waals surface area contributed by atoms with E-state index < -0.39 is 6.61 Å². The summed E-state index contributed by atoms with van der Waals surface area (Å²) in [7, 11) is 1.67. The summed E-state index contributed by atoms with van der Waals surface area (Å²) >= 11 is 0. The molecule has 1 rings (SSSR count). The molecule has 0 fully saturated rings. The molecule has 1 aromatic carbocycles. The number of methoxy groups -OCH3 is 1. The molecule has 4 nitrogen and oxygen atoms in total. The first-order chi connectivity index (χ1) is 9.22. The molecule has 0 saturated heterocycles. The van der Waals surface area contributed by atoms with Crippen molar-refractivity contribution < 1.29 is 18.3 Å². The maximum atomic E-state index is 11.9. The van der Waals surface area contributed by atoms with Crippen molar-refractivity contribution in [3.8, 4) is 5.75 Å². The molecule has 6 heteroatoms. The van der Waals surface area contributed by atoms with Crippen molar-refractivity contribution in [3.63, 3.8) is 0 Å². The molecule has 0 spiro atoms. The maximum Gasteiger partial charge on any atom is 0.387 e. The Bertz CT molecular complexity index is 334. The smallest absolute Gasteiger partial charge is 0.387 e. The Hall–Kier alpha value is -1.24. The van der Waals surface area contributed by atoms with Crippen molar-refractivity contribution in [1.82, 2.24) is 10.6 Å². The summed E-state index contributed by atoms with van der Waals surface area (Å²) in [6.45, 7) is 1.14. The molecule has 0 radical (unpaired) electrons. The number of ether oxygens (including phenoxy) is 2. The van der Waals surface area contributed by atoms with Crippen LogP contribution in [-0.2, 0) is 11.3 Å². The topological polar surface area (TPSA) is 42.5 Å². The van der Waals surface area contributed by atoms with E-state index in [4.69, 9.17) is 4.74 Å². The van der Waals surface area contributed by atoms with Gasteiger partial charge in [0.15, 0.2) is 0 Å². The lowest BCUT2D eigenvalue weighted by Gasteiger charge is -2.08. The molecule has 0 unspecified atom stereocenters. The van der Waals surface area contributed by atoms with E-state index in [1.54, 1.807) is 31.4 Å². The Morgan fingerprint density at radius 3 is 2.37 bits per heavy atom. The van der Waals surface area contributed by atoms with Gasteiger partial charge in [-0.25, -0.2) is 0 Å². The summed E-state index contributed by atoms with van der Waals surface area (Å²) in [5.74, 6) is 0.181. The van der Waals surface area contributed by atoms with E-state index in [2.05, 4.69) is 15.4 Å². The van der Waals surface area contributed by atoms with Crippen LogP contribution in [-0.4, -0.2) is 40.0 Å². The molecule has 108 valence electrons. The van der Waals surface area contributed by atoms with Crippen LogP contribution in [0.25, 0.3) is 0 Å². The van der Waals surface area contributed by atoms with Gasteiger partial charge in [-0.1, -0.05) is 12.1 Å². The van der Waals surface area contributed by atoms with Crippen LogP contribution in [0, 0.1) is 0 Å². The number of alkyl halides is 2. The first kappa shape index (κ1) is 15.8. The second-order valence-electron chi connectivity index (χ2n) is 3.94. The predicted molar refractivity (Wildman–Crippen MR) is 69.5 cm³/mol. The zero-order chi connectivity index (χ0) is 13.9. The predicted octanol–water partition coefficient (Wildman–Crippen LogP) is 1.61. The van der Waals surface area contributed by atoms with E-state index in [0.717, 1.165) is 25.2 Å². The van der Waals surface area contributed by atoms with Gasteiger partial charge < -0.3 is 20.1 Å². The van der Waals surface area contributed by atoms with Gasteiger partial charge in [-0.3, -0.25) is 0 Å². The van der Waals surface area contributed by atoms with Crippen LogP contribution in [0.1, 0.15) is 5.56 Å². The van der Waals surface area contributed by atoms with Gasteiger partial charge in [0.05, 0.1) is 6.61 Å². The van der Waals surface area contributed by atoms with E-state index in [1.807, 2.05) is 0 Å². The van der Waals surface area contributed by atoms with Crippen molar-refractivity contribution >= 4 is 0 Å². The number of rotatable bonds is 10. The van der Waals surface area contributed by atoms with Crippen LogP contribution in [0.4, 0.5) is 8.78 Å². The molecule has 1 aromatic rings. The van der Waals surface area contributed by atoms with Crippen molar-refractivity contribution in [1.29, 1.82) is 0 Å². The highest BCUT2D eigenvalue weighted by atomic mass is 19.3. The molecular weight excluding hydrogens is 254 g/mol. The lowest BCUT2D eigenvalue weighted by molar-refractivity contribution is -0.0498. The van der Waals surface area contributed by atoms with Gasteiger partial charge in [-0.15, -0.1) is 0 Å². The monoisotopic (exact) mass is 274 g/mol. The van der Waals surface area contributed by atoms with Crippen LogP contribution in [0.3, 0.4) is 0 Å². The van der Waals surface area contributed by atoms with Crippen molar-refractivity contribution in [2.75, 3.05) is 33.4 Å². The van der Waals surface area contributed by atoms with Gasteiger partial charge >= 0.3 is 6.61 Å². The van der Waals surface area contributed by atoms with Crippen molar-refractivity contribution in [3.05, 3.63) is 29.8 Å². The first-order valence-corrected chi connectivity index (χ1v) is 6.16. The second kappa shape index (κ2) is 9.66. The number of hydrogen-bond donors (Lipinski definition) is 2.